The average Bonchev–Trinajstić information content (AvgIpc) is 2.66. The van der Waals surface area contributed by atoms with Gasteiger partial charge in [-0.15, -0.1) is 0 Å². The Morgan fingerprint density at radius 3 is 2.48 bits per heavy atom. The lowest BCUT2D eigenvalue weighted by atomic mass is 10.0. The van der Waals surface area contributed by atoms with Crippen molar-refractivity contribution in [2.45, 2.75) is 51.4 Å². The predicted molar refractivity (Wildman–Crippen MR) is 76.2 cm³/mol. The number of piperidine rings is 1. The van der Waals surface area contributed by atoms with Gasteiger partial charge in [-0.05, 0) is 33.6 Å². The van der Waals surface area contributed by atoms with Crippen LogP contribution in [0.3, 0.4) is 0 Å². The van der Waals surface area contributed by atoms with E-state index in [1.165, 1.54) is 9.21 Å². The van der Waals surface area contributed by atoms with E-state index in [0.717, 1.165) is 0 Å². The molecule has 0 aliphatic carbocycles. The molecule has 0 aromatic heterocycles. The minimum Gasteiger partial charge on any atom is -0.444 e. The van der Waals surface area contributed by atoms with Crippen LogP contribution in [-0.2, 0) is 14.8 Å². The summed E-state index contributed by atoms with van der Waals surface area (Å²) in [7, 11) is -3.31. The summed E-state index contributed by atoms with van der Waals surface area (Å²) >= 11 is 0. The number of hydrogen-bond acceptors (Lipinski definition) is 4. The average molecular weight is 322 g/mol. The summed E-state index contributed by atoms with van der Waals surface area (Å²) in [6.45, 7) is 5.77. The maximum Gasteiger partial charge on any atom is 0.410 e. The zero-order valence-corrected chi connectivity index (χ0v) is 13.5. The first-order chi connectivity index (χ1) is 9.58. The van der Waals surface area contributed by atoms with Crippen LogP contribution in [0.2, 0.25) is 0 Å². The van der Waals surface area contributed by atoms with Crippen LogP contribution in [0.5, 0.6) is 0 Å². The van der Waals surface area contributed by atoms with Crippen LogP contribution in [0.4, 0.5) is 9.18 Å². The number of ether oxygens (including phenoxy) is 1. The number of carbonyl (C=O) groups is 1. The molecule has 1 amide bonds. The monoisotopic (exact) mass is 322 g/mol. The molecule has 2 aliphatic heterocycles. The highest BCUT2D eigenvalue weighted by Crippen LogP contribution is 2.26. The molecule has 0 unspecified atom stereocenters. The van der Waals surface area contributed by atoms with Gasteiger partial charge >= 0.3 is 6.09 Å². The Labute approximate surface area is 125 Å². The van der Waals surface area contributed by atoms with Gasteiger partial charge in [-0.2, -0.15) is 4.31 Å². The lowest BCUT2D eigenvalue weighted by molar-refractivity contribution is 0.00490. The molecular formula is C13H23FN2O4S. The minimum absolute atomic E-state index is 0.0424. The number of hydrogen-bond donors (Lipinski definition) is 0. The lowest BCUT2D eigenvalue weighted by Gasteiger charge is -2.38. The van der Waals surface area contributed by atoms with Crippen molar-refractivity contribution < 1.29 is 22.3 Å². The molecule has 2 heterocycles. The van der Waals surface area contributed by atoms with E-state index in [4.69, 9.17) is 4.74 Å². The normalized spacial score (nSPS) is 30.4. The van der Waals surface area contributed by atoms with E-state index in [2.05, 4.69) is 0 Å². The topological polar surface area (TPSA) is 66.9 Å². The highest BCUT2D eigenvalue weighted by molar-refractivity contribution is 7.89. The van der Waals surface area contributed by atoms with Crippen molar-refractivity contribution >= 4 is 16.1 Å². The first-order valence-corrected chi connectivity index (χ1v) is 8.81. The summed E-state index contributed by atoms with van der Waals surface area (Å²) < 4.78 is 44.4. The fourth-order valence-corrected chi connectivity index (χ4v) is 4.51. The van der Waals surface area contributed by atoms with Crippen LogP contribution in [0.1, 0.15) is 33.6 Å². The van der Waals surface area contributed by atoms with Crippen molar-refractivity contribution in [2.24, 2.45) is 0 Å². The third kappa shape index (κ3) is 4.06. The van der Waals surface area contributed by atoms with Gasteiger partial charge in [0.25, 0.3) is 0 Å². The second kappa shape index (κ2) is 5.72. The second-order valence-corrected chi connectivity index (χ2v) is 8.69. The number of rotatable bonds is 1. The van der Waals surface area contributed by atoms with Gasteiger partial charge in [0.2, 0.25) is 10.0 Å². The summed E-state index contributed by atoms with van der Waals surface area (Å²) in [6, 6.07) is -0.492. The molecule has 2 aliphatic rings. The van der Waals surface area contributed by atoms with Gasteiger partial charge in [0.05, 0.1) is 12.3 Å². The summed E-state index contributed by atoms with van der Waals surface area (Å²) in [5.41, 5.74) is -0.657. The molecule has 2 rings (SSSR count). The molecule has 2 atom stereocenters. The van der Waals surface area contributed by atoms with Crippen molar-refractivity contribution in [3.8, 4) is 0 Å². The van der Waals surface area contributed by atoms with Crippen LogP contribution < -0.4 is 0 Å². The highest BCUT2D eigenvalue weighted by atomic mass is 32.2. The van der Waals surface area contributed by atoms with Crippen molar-refractivity contribution in [1.29, 1.82) is 0 Å². The van der Waals surface area contributed by atoms with Gasteiger partial charge in [0.15, 0.2) is 0 Å². The van der Waals surface area contributed by atoms with E-state index in [-0.39, 0.29) is 25.3 Å². The number of amides is 1. The maximum absolute atomic E-state index is 13.9. The Hall–Kier alpha value is -0.890. The van der Waals surface area contributed by atoms with E-state index in [9.17, 15) is 17.6 Å². The Morgan fingerprint density at radius 2 is 1.95 bits per heavy atom. The summed E-state index contributed by atoms with van der Waals surface area (Å²) in [5.74, 6) is 0.104. The Morgan fingerprint density at radius 1 is 1.29 bits per heavy atom. The zero-order chi connectivity index (χ0) is 15.8. The van der Waals surface area contributed by atoms with E-state index >= 15 is 0 Å². The van der Waals surface area contributed by atoms with Crippen molar-refractivity contribution in [3.05, 3.63) is 0 Å². The Bertz CT molecular complexity index is 503. The Balaban J connectivity index is 2.07. The first-order valence-electron chi connectivity index (χ1n) is 7.20. The molecular weight excluding hydrogens is 299 g/mol. The van der Waals surface area contributed by atoms with Crippen LogP contribution >= 0.6 is 0 Å². The molecule has 0 aromatic carbocycles. The number of sulfonamides is 1. The largest absolute Gasteiger partial charge is 0.444 e. The maximum atomic E-state index is 13.9. The molecule has 0 aromatic rings. The molecule has 6 nitrogen and oxygen atoms in total. The lowest BCUT2D eigenvalue weighted by Crippen LogP contribution is -2.54. The number of alkyl halides is 1. The number of likely N-dealkylation sites (tertiary alicyclic amines) is 1. The van der Waals surface area contributed by atoms with Gasteiger partial charge in [-0.1, -0.05) is 0 Å². The molecule has 2 fully saturated rings. The van der Waals surface area contributed by atoms with Crippen molar-refractivity contribution in [3.63, 3.8) is 0 Å². The molecule has 0 radical (unpaired) electrons. The first kappa shape index (κ1) is 16.5. The molecule has 2 saturated heterocycles. The minimum atomic E-state index is -3.31. The summed E-state index contributed by atoms with van der Waals surface area (Å²) in [6.07, 6.45) is -1.13. The molecule has 122 valence electrons. The number of nitrogens with zero attached hydrogens (tertiary/aromatic N) is 2. The zero-order valence-electron chi connectivity index (χ0n) is 12.7. The number of carbonyl (C=O) groups excluding carboxylic acids is 1. The third-order valence-electron chi connectivity index (χ3n) is 3.57. The van der Waals surface area contributed by atoms with Crippen molar-refractivity contribution in [1.82, 2.24) is 9.21 Å². The van der Waals surface area contributed by atoms with E-state index < -0.39 is 33.9 Å². The van der Waals surface area contributed by atoms with Gasteiger partial charge < -0.3 is 9.64 Å². The molecule has 0 bridgehead atoms. The van der Waals surface area contributed by atoms with Gasteiger partial charge in [0, 0.05) is 19.1 Å². The molecule has 0 spiro atoms. The smallest absolute Gasteiger partial charge is 0.410 e. The van der Waals surface area contributed by atoms with E-state index in [1.807, 2.05) is 0 Å². The fraction of sp³-hybridized carbons (Fsp3) is 0.923. The van der Waals surface area contributed by atoms with Crippen molar-refractivity contribution in [2.75, 3.05) is 25.4 Å². The predicted octanol–water partition coefficient (Wildman–Crippen LogP) is 1.37. The van der Waals surface area contributed by atoms with Crippen LogP contribution in [0, 0.1) is 0 Å². The fourth-order valence-electron chi connectivity index (χ4n) is 2.77. The number of halogens is 1. The summed E-state index contributed by atoms with van der Waals surface area (Å²) in [5, 5.41) is 0. The SMILES string of the molecule is CC(C)(C)OC(=O)N1C[C@@H](F)C[C@H](N2CCCS2(=O)=O)C1. The molecule has 21 heavy (non-hydrogen) atoms. The molecule has 0 N–H and O–H groups in total. The highest BCUT2D eigenvalue weighted by Gasteiger charge is 2.41. The van der Waals surface area contributed by atoms with Crippen LogP contribution in [0.25, 0.3) is 0 Å². The standard InChI is InChI=1S/C13H23FN2O4S/c1-13(2,3)20-12(17)15-8-10(14)7-11(9-15)16-5-4-6-21(16,18)19/h10-11H,4-9H2,1-3H3/t10-,11-/m0/s1. The molecule has 8 heteroatoms. The summed E-state index contributed by atoms with van der Waals surface area (Å²) in [4.78, 5) is 13.3. The quantitative estimate of drug-likeness (QED) is 0.731. The molecule has 0 saturated carbocycles. The van der Waals surface area contributed by atoms with Crippen LogP contribution in [0.15, 0.2) is 0 Å². The Kier molecular flexibility index (Phi) is 4.49. The van der Waals surface area contributed by atoms with Gasteiger partial charge in [-0.3, -0.25) is 0 Å². The van der Waals surface area contributed by atoms with Crippen LogP contribution in [-0.4, -0.2) is 66.9 Å². The van der Waals surface area contributed by atoms with E-state index in [1.54, 1.807) is 20.8 Å². The third-order valence-corrected chi connectivity index (χ3v) is 5.57. The van der Waals surface area contributed by atoms with E-state index in [0.29, 0.717) is 13.0 Å². The van der Waals surface area contributed by atoms with Gasteiger partial charge in [0.1, 0.15) is 11.8 Å². The second-order valence-electron chi connectivity index (χ2n) is 6.65. The van der Waals surface area contributed by atoms with Gasteiger partial charge in [-0.25, -0.2) is 17.6 Å².